The van der Waals surface area contributed by atoms with Crippen LogP contribution in [-0.2, 0) is 14.8 Å². The van der Waals surface area contributed by atoms with Gasteiger partial charge in [0.1, 0.15) is 0 Å². The predicted octanol–water partition coefficient (Wildman–Crippen LogP) is 2.40. The van der Waals surface area contributed by atoms with Crippen LogP contribution in [0.15, 0.2) is 59.5 Å². The molecule has 0 saturated carbocycles. The van der Waals surface area contributed by atoms with Crippen LogP contribution < -0.4 is 10.0 Å². The lowest BCUT2D eigenvalue weighted by Gasteiger charge is -2.12. The Bertz CT molecular complexity index is 814. The van der Waals surface area contributed by atoms with Crippen molar-refractivity contribution in [3.63, 3.8) is 0 Å². The first-order chi connectivity index (χ1) is 12.0. The second kappa shape index (κ2) is 7.77. The summed E-state index contributed by atoms with van der Waals surface area (Å²) in [4.78, 5) is 12.2. The monoisotopic (exact) mass is 360 g/mol. The van der Waals surface area contributed by atoms with Crippen LogP contribution in [0.5, 0.6) is 0 Å². The molecule has 2 aromatic carbocycles. The van der Waals surface area contributed by atoms with Gasteiger partial charge in [-0.05, 0) is 49.2 Å². The molecule has 0 bridgehead atoms. The number of amides is 1. The summed E-state index contributed by atoms with van der Waals surface area (Å²) in [5.41, 5.74) is 1.07. The first-order valence-electron chi connectivity index (χ1n) is 8.12. The van der Waals surface area contributed by atoms with Crippen molar-refractivity contribution in [2.45, 2.75) is 23.8 Å². The smallest absolute Gasteiger partial charge is 0.255 e. The highest BCUT2D eigenvalue weighted by atomic mass is 32.2. The number of ether oxygens (including phenoxy) is 1. The molecule has 1 atom stereocenters. The average molecular weight is 360 g/mol. The molecule has 7 heteroatoms. The van der Waals surface area contributed by atoms with Crippen molar-refractivity contribution < 1.29 is 17.9 Å². The van der Waals surface area contributed by atoms with Crippen LogP contribution in [0.2, 0.25) is 0 Å². The van der Waals surface area contributed by atoms with Crippen molar-refractivity contribution in [3.8, 4) is 0 Å². The molecule has 1 aliphatic rings. The summed E-state index contributed by atoms with van der Waals surface area (Å²) < 4.78 is 32.6. The Hall–Kier alpha value is -2.22. The molecule has 0 radical (unpaired) electrons. The van der Waals surface area contributed by atoms with Gasteiger partial charge in [-0.1, -0.05) is 18.2 Å². The van der Waals surface area contributed by atoms with E-state index in [1.54, 1.807) is 36.4 Å². The van der Waals surface area contributed by atoms with Crippen LogP contribution in [0.3, 0.4) is 0 Å². The van der Waals surface area contributed by atoms with E-state index < -0.39 is 10.0 Å². The van der Waals surface area contributed by atoms with Crippen molar-refractivity contribution in [2.24, 2.45) is 0 Å². The number of benzene rings is 2. The van der Waals surface area contributed by atoms with Gasteiger partial charge in [-0.2, -0.15) is 0 Å². The maximum atomic E-state index is 12.3. The van der Waals surface area contributed by atoms with Gasteiger partial charge in [0.25, 0.3) is 5.91 Å². The van der Waals surface area contributed by atoms with Gasteiger partial charge < -0.3 is 10.1 Å². The highest BCUT2D eigenvalue weighted by Gasteiger charge is 2.20. The molecule has 25 heavy (non-hydrogen) atoms. The van der Waals surface area contributed by atoms with E-state index in [0.29, 0.717) is 17.9 Å². The molecule has 1 aliphatic heterocycles. The second-order valence-electron chi connectivity index (χ2n) is 5.83. The first kappa shape index (κ1) is 17.6. The van der Waals surface area contributed by atoms with Crippen LogP contribution in [0.4, 0.5) is 5.69 Å². The highest BCUT2D eigenvalue weighted by molar-refractivity contribution is 7.89. The SMILES string of the molecule is O=C(Nc1ccc(S(=O)(=O)NC[C@H]2CCCO2)cc1)c1ccccc1. The molecular weight excluding hydrogens is 340 g/mol. The topological polar surface area (TPSA) is 84.5 Å². The summed E-state index contributed by atoms with van der Waals surface area (Å²) in [5.74, 6) is -0.243. The Morgan fingerprint density at radius 3 is 2.44 bits per heavy atom. The molecule has 132 valence electrons. The lowest BCUT2D eigenvalue weighted by atomic mass is 10.2. The van der Waals surface area contributed by atoms with E-state index in [1.807, 2.05) is 6.07 Å². The summed E-state index contributed by atoms with van der Waals surface area (Å²) >= 11 is 0. The fourth-order valence-corrected chi connectivity index (χ4v) is 3.67. The summed E-state index contributed by atoms with van der Waals surface area (Å²) in [6, 6.07) is 14.9. The first-order valence-corrected chi connectivity index (χ1v) is 9.61. The number of anilines is 1. The highest BCUT2D eigenvalue weighted by Crippen LogP contribution is 2.16. The Balaban J connectivity index is 1.62. The molecule has 0 unspecified atom stereocenters. The third kappa shape index (κ3) is 4.66. The molecule has 2 aromatic rings. The third-order valence-electron chi connectivity index (χ3n) is 3.98. The Labute approximate surface area is 147 Å². The minimum absolute atomic E-state index is 0.0563. The molecule has 0 spiro atoms. The van der Waals surface area contributed by atoms with Gasteiger partial charge in [0.2, 0.25) is 10.0 Å². The second-order valence-corrected chi connectivity index (χ2v) is 7.60. The molecule has 1 saturated heterocycles. The van der Waals surface area contributed by atoms with Crippen molar-refractivity contribution in [1.29, 1.82) is 0 Å². The number of carbonyl (C=O) groups excluding carboxylic acids is 1. The van der Waals surface area contributed by atoms with Crippen molar-refractivity contribution in [3.05, 3.63) is 60.2 Å². The molecule has 0 aliphatic carbocycles. The van der Waals surface area contributed by atoms with Crippen molar-refractivity contribution in [1.82, 2.24) is 4.72 Å². The summed E-state index contributed by atoms with van der Waals surface area (Å²) in [6.07, 6.45) is 1.77. The lowest BCUT2D eigenvalue weighted by molar-refractivity contribution is 0.102. The Morgan fingerprint density at radius 2 is 1.80 bits per heavy atom. The molecule has 0 aromatic heterocycles. The van der Waals surface area contributed by atoms with E-state index >= 15 is 0 Å². The fraction of sp³-hybridized carbons (Fsp3) is 0.278. The van der Waals surface area contributed by atoms with Crippen LogP contribution in [0.25, 0.3) is 0 Å². The van der Waals surface area contributed by atoms with Crippen LogP contribution in [-0.4, -0.2) is 33.6 Å². The standard InChI is InChI=1S/C18H20N2O4S/c21-18(14-5-2-1-3-6-14)20-15-8-10-17(11-9-15)25(22,23)19-13-16-7-4-12-24-16/h1-3,5-6,8-11,16,19H,4,7,12-13H2,(H,20,21)/t16-/m1/s1. The van der Waals surface area contributed by atoms with Gasteiger partial charge >= 0.3 is 0 Å². The fourth-order valence-electron chi connectivity index (χ4n) is 2.60. The quantitative estimate of drug-likeness (QED) is 0.828. The van der Waals surface area contributed by atoms with E-state index in [4.69, 9.17) is 4.74 Å². The van der Waals surface area contributed by atoms with Crippen LogP contribution in [0, 0.1) is 0 Å². The molecular formula is C18H20N2O4S. The number of hydrogen-bond donors (Lipinski definition) is 2. The van der Waals surface area contributed by atoms with Gasteiger partial charge in [-0.3, -0.25) is 4.79 Å². The van der Waals surface area contributed by atoms with Gasteiger partial charge in [0, 0.05) is 24.4 Å². The van der Waals surface area contributed by atoms with E-state index in [-0.39, 0.29) is 23.5 Å². The van der Waals surface area contributed by atoms with Crippen LogP contribution >= 0.6 is 0 Å². The zero-order valence-corrected chi connectivity index (χ0v) is 14.5. The number of carbonyl (C=O) groups is 1. The Kier molecular flexibility index (Phi) is 5.47. The maximum Gasteiger partial charge on any atom is 0.255 e. The predicted molar refractivity (Wildman–Crippen MR) is 95.0 cm³/mol. The summed E-state index contributed by atoms with van der Waals surface area (Å²) in [5, 5.41) is 2.74. The van der Waals surface area contributed by atoms with E-state index in [1.165, 1.54) is 12.1 Å². The zero-order valence-electron chi connectivity index (χ0n) is 13.6. The summed E-state index contributed by atoms with van der Waals surface area (Å²) in [7, 11) is -3.59. The number of hydrogen-bond acceptors (Lipinski definition) is 4. The summed E-state index contributed by atoms with van der Waals surface area (Å²) in [6.45, 7) is 0.955. The van der Waals surface area contributed by atoms with Gasteiger partial charge in [-0.15, -0.1) is 0 Å². The molecule has 1 amide bonds. The molecule has 2 N–H and O–H groups in total. The maximum absolute atomic E-state index is 12.3. The largest absolute Gasteiger partial charge is 0.377 e. The van der Waals surface area contributed by atoms with Gasteiger partial charge in [0.05, 0.1) is 11.0 Å². The number of rotatable bonds is 6. The molecule has 3 rings (SSSR count). The number of nitrogens with one attached hydrogen (secondary N) is 2. The van der Waals surface area contributed by atoms with Crippen molar-refractivity contribution in [2.75, 3.05) is 18.5 Å². The van der Waals surface area contributed by atoms with E-state index in [9.17, 15) is 13.2 Å². The van der Waals surface area contributed by atoms with E-state index in [0.717, 1.165) is 12.8 Å². The Morgan fingerprint density at radius 1 is 1.08 bits per heavy atom. The molecule has 1 fully saturated rings. The lowest BCUT2D eigenvalue weighted by Crippen LogP contribution is -2.31. The van der Waals surface area contributed by atoms with Gasteiger partial charge in [-0.25, -0.2) is 13.1 Å². The average Bonchev–Trinajstić information content (AvgIpc) is 3.15. The van der Waals surface area contributed by atoms with Crippen molar-refractivity contribution >= 4 is 21.6 Å². The van der Waals surface area contributed by atoms with E-state index in [2.05, 4.69) is 10.0 Å². The van der Waals surface area contributed by atoms with Gasteiger partial charge in [0.15, 0.2) is 0 Å². The normalized spacial score (nSPS) is 17.4. The van der Waals surface area contributed by atoms with Crippen LogP contribution in [0.1, 0.15) is 23.2 Å². The zero-order chi connectivity index (χ0) is 17.7. The number of sulfonamides is 1. The molecule has 1 heterocycles. The minimum Gasteiger partial charge on any atom is -0.377 e. The molecule has 6 nitrogen and oxygen atoms in total. The minimum atomic E-state index is -3.59. The third-order valence-corrected chi connectivity index (χ3v) is 5.42.